The van der Waals surface area contributed by atoms with Crippen LogP contribution < -0.4 is 10.1 Å². The molecule has 1 rings (SSSR count). The van der Waals surface area contributed by atoms with E-state index in [1.165, 1.54) is 0 Å². The molecule has 1 unspecified atom stereocenters. The average Bonchev–Trinajstić information content (AvgIpc) is 2.38. The number of carboxylic acid groups (broad SMARTS) is 1. The van der Waals surface area contributed by atoms with Crippen molar-refractivity contribution >= 4 is 36.1 Å². The van der Waals surface area contributed by atoms with Crippen LogP contribution in [0.1, 0.15) is 6.42 Å². The number of ether oxygens (including phenoxy) is 1. The molecule has 0 spiro atoms. The molecule has 5 nitrogen and oxygen atoms in total. The molecule has 2 N–H and O–H groups in total. The molecular weight excluding hydrogens is 290 g/mol. The van der Waals surface area contributed by atoms with Gasteiger partial charge in [0.15, 0.2) is 0 Å². The maximum atomic E-state index is 11.5. The number of carbonyl (C=O) groups is 2. The smallest absolute Gasteiger partial charge is 0.327 e. The molecule has 1 atom stereocenters. The van der Waals surface area contributed by atoms with E-state index in [-0.39, 0.29) is 18.8 Å². The third-order valence-corrected chi connectivity index (χ3v) is 2.92. The standard InChI is InChI=1S/C12H14ClNO4S/c13-8-3-1-2-4-10(8)18-6-5-11(15)14-9(7-19)12(16)17/h1-4,9,19H,5-7H2,(H,14,15)(H,16,17). The summed E-state index contributed by atoms with van der Waals surface area (Å²) in [5.74, 6) is -1.00. The van der Waals surface area contributed by atoms with Crippen LogP contribution in [0.3, 0.4) is 0 Å². The number of carboxylic acids is 1. The summed E-state index contributed by atoms with van der Waals surface area (Å²) in [7, 11) is 0. The van der Waals surface area contributed by atoms with Crippen LogP contribution in [-0.4, -0.2) is 35.4 Å². The molecule has 0 bridgehead atoms. The number of hydrogen-bond acceptors (Lipinski definition) is 4. The summed E-state index contributed by atoms with van der Waals surface area (Å²) >= 11 is 9.72. The van der Waals surface area contributed by atoms with Gasteiger partial charge in [-0.1, -0.05) is 23.7 Å². The van der Waals surface area contributed by atoms with Crippen LogP contribution in [0.4, 0.5) is 0 Å². The Labute approximate surface area is 121 Å². The Morgan fingerprint density at radius 3 is 2.68 bits per heavy atom. The van der Waals surface area contributed by atoms with Gasteiger partial charge in [0.2, 0.25) is 5.91 Å². The summed E-state index contributed by atoms with van der Waals surface area (Å²) < 4.78 is 5.32. The van der Waals surface area contributed by atoms with E-state index in [9.17, 15) is 9.59 Å². The highest BCUT2D eigenvalue weighted by Gasteiger charge is 2.17. The Kier molecular flexibility index (Phi) is 6.52. The number of nitrogens with one attached hydrogen (secondary N) is 1. The fraction of sp³-hybridized carbons (Fsp3) is 0.333. The van der Waals surface area contributed by atoms with E-state index in [0.29, 0.717) is 10.8 Å². The van der Waals surface area contributed by atoms with Crippen LogP contribution in [0.2, 0.25) is 5.02 Å². The summed E-state index contributed by atoms with van der Waals surface area (Å²) in [5, 5.41) is 11.5. The van der Waals surface area contributed by atoms with Crippen molar-refractivity contribution in [2.45, 2.75) is 12.5 Å². The van der Waals surface area contributed by atoms with Gasteiger partial charge in [0.25, 0.3) is 0 Å². The van der Waals surface area contributed by atoms with Gasteiger partial charge in [0, 0.05) is 5.75 Å². The van der Waals surface area contributed by atoms with E-state index in [0.717, 1.165) is 0 Å². The minimum Gasteiger partial charge on any atom is -0.491 e. The number of halogens is 1. The van der Waals surface area contributed by atoms with Gasteiger partial charge in [-0.3, -0.25) is 4.79 Å². The monoisotopic (exact) mass is 303 g/mol. The minimum absolute atomic E-state index is 0.0342. The maximum absolute atomic E-state index is 11.5. The predicted octanol–water partition coefficient (Wildman–Crippen LogP) is 1.61. The Morgan fingerprint density at radius 2 is 2.11 bits per heavy atom. The fourth-order valence-corrected chi connectivity index (χ4v) is 1.71. The first-order valence-electron chi connectivity index (χ1n) is 5.55. The number of rotatable bonds is 7. The summed E-state index contributed by atoms with van der Waals surface area (Å²) in [5.41, 5.74) is 0. The van der Waals surface area contributed by atoms with Crippen molar-refractivity contribution in [3.63, 3.8) is 0 Å². The van der Waals surface area contributed by atoms with Crippen LogP contribution in [-0.2, 0) is 9.59 Å². The topological polar surface area (TPSA) is 75.6 Å². The first-order chi connectivity index (χ1) is 9.04. The molecule has 1 amide bonds. The van der Waals surface area contributed by atoms with Gasteiger partial charge < -0.3 is 15.2 Å². The summed E-state index contributed by atoms with van der Waals surface area (Å²) in [6, 6.07) is 5.91. The molecule has 1 aromatic rings. The van der Waals surface area contributed by atoms with Crippen molar-refractivity contribution in [2.24, 2.45) is 0 Å². The van der Waals surface area contributed by atoms with Crippen LogP contribution in [0.5, 0.6) is 5.75 Å². The molecule has 0 saturated heterocycles. The van der Waals surface area contributed by atoms with Gasteiger partial charge in [0.1, 0.15) is 11.8 Å². The van der Waals surface area contributed by atoms with Gasteiger partial charge in [0.05, 0.1) is 18.1 Å². The van der Waals surface area contributed by atoms with Crippen molar-refractivity contribution in [3.8, 4) is 5.75 Å². The lowest BCUT2D eigenvalue weighted by Crippen LogP contribution is -2.42. The molecule has 0 fully saturated rings. The summed E-state index contributed by atoms with van der Waals surface area (Å²) in [6.07, 6.45) is 0.0444. The van der Waals surface area contributed by atoms with E-state index in [2.05, 4.69) is 17.9 Å². The van der Waals surface area contributed by atoms with Crippen LogP contribution in [0.25, 0.3) is 0 Å². The Balaban J connectivity index is 2.35. The molecular formula is C12H14ClNO4S. The van der Waals surface area contributed by atoms with Gasteiger partial charge >= 0.3 is 5.97 Å². The second-order valence-corrected chi connectivity index (χ2v) is 4.44. The summed E-state index contributed by atoms with van der Waals surface area (Å²) in [4.78, 5) is 22.2. The molecule has 1 aromatic carbocycles. The zero-order chi connectivity index (χ0) is 14.3. The predicted molar refractivity (Wildman–Crippen MR) is 75.0 cm³/mol. The largest absolute Gasteiger partial charge is 0.491 e. The number of hydrogen-bond donors (Lipinski definition) is 3. The highest BCUT2D eigenvalue weighted by atomic mass is 35.5. The number of thiol groups is 1. The SMILES string of the molecule is O=C(CCOc1ccccc1Cl)NC(CS)C(=O)O. The van der Waals surface area contributed by atoms with Crippen molar-refractivity contribution < 1.29 is 19.4 Å². The third kappa shape index (κ3) is 5.40. The molecule has 0 saturated carbocycles. The van der Waals surface area contributed by atoms with Crippen molar-refractivity contribution in [3.05, 3.63) is 29.3 Å². The normalized spacial score (nSPS) is 11.7. The van der Waals surface area contributed by atoms with Crippen LogP contribution in [0.15, 0.2) is 24.3 Å². The first kappa shape index (κ1) is 15.7. The van der Waals surface area contributed by atoms with Gasteiger partial charge in [-0.2, -0.15) is 12.6 Å². The number of carbonyl (C=O) groups excluding carboxylic acids is 1. The Morgan fingerprint density at radius 1 is 1.42 bits per heavy atom. The van der Waals surface area contributed by atoms with Crippen LogP contribution >= 0.6 is 24.2 Å². The minimum atomic E-state index is -1.12. The van der Waals surface area contributed by atoms with E-state index in [1.54, 1.807) is 24.3 Å². The maximum Gasteiger partial charge on any atom is 0.327 e. The van der Waals surface area contributed by atoms with Crippen molar-refractivity contribution in [1.82, 2.24) is 5.32 Å². The van der Waals surface area contributed by atoms with Gasteiger partial charge in [-0.25, -0.2) is 4.79 Å². The highest BCUT2D eigenvalue weighted by Crippen LogP contribution is 2.22. The Hall–Kier alpha value is -1.40. The molecule has 0 aromatic heterocycles. The zero-order valence-corrected chi connectivity index (χ0v) is 11.7. The third-order valence-electron chi connectivity index (χ3n) is 2.24. The van der Waals surface area contributed by atoms with E-state index in [1.807, 2.05) is 0 Å². The molecule has 104 valence electrons. The van der Waals surface area contributed by atoms with Crippen molar-refractivity contribution in [2.75, 3.05) is 12.4 Å². The molecule has 0 aliphatic heterocycles. The number of para-hydroxylation sites is 1. The molecule has 19 heavy (non-hydrogen) atoms. The lowest BCUT2D eigenvalue weighted by Gasteiger charge is -2.12. The van der Waals surface area contributed by atoms with E-state index >= 15 is 0 Å². The van der Waals surface area contributed by atoms with E-state index in [4.69, 9.17) is 21.4 Å². The number of benzene rings is 1. The fourth-order valence-electron chi connectivity index (χ4n) is 1.27. The number of amides is 1. The van der Waals surface area contributed by atoms with Crippen molar-refractivity contribution in [1.29, 1.82) is 0 Å². The second kappa shape index (κ2) is 7.91. The first-order valence-corrected chi connectivity index (χ1v) is 6.56. The molecule has 0 aliphatic carbocycles. The van der Waals surface area contributed by atoms with Gasteiger partial charge in [-0.05, 0) is 12.1 Å². The quantitative estimate of drug-likeness (QED) is 0.669. The number of aliphatic carboxylic acids is 1. The molecule has 0 radical (unpaired) electrons. The van der Waals surface area contributed by atoms with Gasteiger partial charge in [-0.15, -0.1) is 0 Å². The lowest BCUT2D eigenvalue weighted by atomic mass is 10.3. The molecule has 0 heterocycles. The zero-order valence-electron chi connectivity index (χ0n) is 10.0. The molecule has 7 heteroatoms. The van der Waals surface area contributed by atoms with Crippen LogP contribution in [0, 0.1) is 0 Å². The van der Waals surface area contributed by atoms with E-state index < -0.39 is 17.9 Å². The molecule has 0 aliphatic rings. The highest BCUT2D eigenvalue weighted by molar-refractivity contribution is 7.80. The second-order valence-electron chi connectivity index (χ2n) is 3.67. The average molecular weight is 304 g/mol. The Bertz CT molecular complexity index is 455. The lowest BCUT2D eigenvalue weighted by molar-refractivity contribution is -0.141. The summed E-state index contributed by atoms with van der Waals surface area (Å²) in [6.45, 7) is 0.120.